The van der Waals surface area contributed by atoms with E-state index in [1.807, 2.05) is 31.2 Å². The molecule has 0 spiro atoms. The number of rotatable bonds is 12. The molecule has 1 aromatic carbocycles. The Labute approximate surface area is 223 Å². The average Bonchev–Trinajstić information content (AvgIpc) is 3.21. The third kappa shape index (κ3) is 8.57. The van der Waals surface area contributed by atoms with Crippen LogP contribution in [0.5, 0.6) is 0 Å². The van der Waals surface area contributed by atoms with Crippen molar-refractivity contribution in [2.75, 3.05) is 70.0 Å². The van der Waals surface area contributed by atoms with E-state index in [1.165, 1.54) is 11.8 Å². The lowest BCUT2D eigenvalue weighted by molar-refractivity contribution is -0.131. The molecular weight excluding hydrogens is 494 g/mol. The first kappa shape index (κ1) is 29.2. The Bertz CT molecular complexity index is 909. The first-order chi connectivity index (χ1) is 17.7. The van der Waals surface area contributed by atoms with Crippen LogP contribution in [0.25, 0.3) is 0 Å². The molecule has 1 aromatic rings. The number of aliphatic hydroxyl groups excluding tert-OH is 1. The highest BCUT2D eigenvalue weighted by Gasteiger charge is 2.44. The van der Waals surface area contributed by atoms with Gasteiger partial charge in [-0.2, -0.15) is 0 Å². The molecule has 6 N–H and O–H groups in total. The molecule has 2 heterocycles. The fourth-order valence-corrected chi connectivity index (χ4v) is 5.75. The molecule has 0 bridgehead atoms. The molecule has 0 saturated carbocycles. The van der Waals surface area contributed by atoms with E-state index in [9.17, 15) is 19.5 Å². The lowest BCUT2D eigenvalue weighted by Crippen LogP contribution is -2.53. The van der Waals surface area contributed by atoms with Gasteiger partial charge in [-0.1, -0.05) is 0 Å². The van der Waals surface area contributed by atoms with Gasteiger partial charge in [0.05, 0.1) is 6.10 Å². The molecule has 3 amide bonds. The van der Waals surface area contributed by atoms with Gasteiger partial charge in [-0.05, 0) is 45.2 Å². The monoisotopic (exact) mass is 535 g/mol. The van der Waals surface area contributed by atoms with Gasteiger partial charge in [0, 0.05) is 70.2 Å². The van der Waals surface area contributed by atoms with Crippen LogP contribution in [-0.4, -0.2) is 120 Å². The summed E-state index contributed by atoms with van der Waals surface area (Å²) in [5.74, 6) is -0.459. The minimum Gasteiger partial charge on any atom is -0.392 e. The van der Waals surface area contributed by atoms with Gasteiger partial charge in [0.25, 0.3) is 0 Å². The Hall–Kier alpha value is -2.38. The normalized spacial score (nSPS) is 22.5. The molecule has 206 valence electrons. The summed E-state index contributed by atoms with van der Waals surface area (Å²) in [6.07, 6.45) is -0.214. The summed E-state index contributed by atoms with van der Waals surface area (Å²) in [7, 11) is 2.11. The number of nitrogens with two attached hydrogens (primary N) is 1. The number of aliphatic hydroxyl groups is 1. The number of hydrogen-bond acceptors (Lipinski definition) is 9. The van der Waals surface area contributed by atoms with Gasteiger partial charge in [0.15, 0.2) is 0 Å². The zero-order chi connectivity index (χ0) is 26.9. The van der Waals surface area contributed by atoms with Crippen LogP contribution in [0.15, 0.2) is 24.3 Å². The van der Waals surface area contributed by atoms with Crippen LogP contribution in [0.3, 0.4) is 0 Å². The Morgan fingerprint density at radius 3 is 2.43 bits per heavy atom. The molecule has 3 rings (SSSR count). The summed E-state index contributed by atoms with van der Waals surface area (Å²) in [4.78, 5) is 43.9. The third-order valence-electron chi connectivity index (χ3n) is 6.60. The van der Waals surface area contributed by atoms with Crippen LogP contribution in [0.4, 0.5) is 11.4 Å². The highest BCUT2D eigenvalue weighted by molar-refractivity contribution is 8.01. The van der Waals surface area contributed by atoms with Crippen LogP contribution in [0.2, 0.25) is 0 Å². The molecular formula is C25H41N7O4S. The number of benzene rings is 1. The zero-order valence-electron chi connectivity index (χ0n) is 22.0. The number of nitrogens with zero attached hydrogens (tertiary/aromatic N) is 3. The van der Waals surface area contributed by atoms with Crippen LogP contribution in [0, 0.1) is 0 Å². The minimum atomic E-state index is -0.892. The maximum Gasteiger partial charge on any atom is 0.240 e. The standard InChI is InChI=1S/C25H41N7O4S/c1-4-32-24(36)20(37-25(32)22(26)23(35)28-15-17(2)33)16-27-18-5-7-19(8-6-18)29-21(34)9-10-31-13-11-30(3)12-14-31/h5-8,17,20,22,25,27,33H,4,9-16,26H2,1-3H3,(H,28,35)(H,29,34)/t17?,20-,22-,25?/m1/s1. The smallest absolute Gasteiger partial charge is 0.240 e. The van der Waals surface area contributed by atoms with Crippen LogP contribution in [0.1, 0.15) is 20.3 Å². The molecule has 0 radical (unpaired) electrons. The van der Waals surface area contributed by atoms with Gasteiger partial charge in [0.2, 0.25) is 17.7 Å². The van der Waals surface area contributed by atoms with Gasteiger partial charge in [-0.15, -0.1) is 11.8 Å². The highest BCUT2D eigenvalue weighted by Crippen LogP contribution is 2.33. The Balaban J connectivity index is 1.45. The number of hydrogen-bond donors (Lipinski definition) is 5. The Morgan fingerprint density at radius 1 is 1.16 bits per heavy atom. The fourth-order valence-electron chi connectivity index (χ4n) is 4.29. The van der Waals surface area contributed by atoms with E-state index in [-0.39, 0.29) is 29.5 Å². The number of nitrogens with one attached hydrogen (secondary N) is 3. The average molecular weight is 536 g/mol. The molecule has 2 aliphatic rings. The van der Waals surface area contributed by atoms with Crippen molar-refractivity contribution in [1.82, 2.24) is 20.0 Å². The molecule has 2 saturated heterocycles. The molecule has 2 fully saturated rings. The molecule has 12 heteroatoms. The van der Waals surface area contributed by atoms with Gasteiger partial charge >= 0.3 is 0 Å². The van der Waals surface area contributed by atoms with Crippen LogP contribution < -0.4 is 21.7 Å². The van der Waals surface area contributed by atoms with Crippen LogP contribution >= 0.6 is 11.8 Å². The topological polar surface area (TPSA) is 143 Å². The molecule has 4 atom stereocenters. The number of piperazine rings is 1. The van der Waals surface area contributed by atoms with E-state index in [4.69, 9.17) is 5.73 Å². The van der Waals surface area contributed by atoms with E-state index < -0.39 is 17.5 Å². The molecule has 11 nitrogen and oxygen atoms in total. The van der Waals surface area contributed by atoms with Gasteiger partial charge in [0.1, 0.15) is 16.7 Å². The van der Waals surface area contributed by atoms with E-state index in [1.54, 1.807) is 11.8 Å². The zero-order valence-corrected chi connectivity index (χ0v) is 22.8. The van der Waals surface area contributed by atoms with E-state index in [2.05, 4.69) is 32.8 Å². The second kappa shape index (κ2) is 14.0. The number of thioether (sulfide) groups is 1. The lowest BCUT2D eigenvalue weighted by atomic mass is 10.2. The van der Waals surface area contributed by atoms with Crippen molar-refractivity contribution in [2.45, 2.75) is 43.0 Å². The second-order valence-corrected chi connectivity index (χ2v) is 11.0. The maximum absolute atomic E-state index is 12.9. The van der Waals surface area contributed by atoms with E-state index >= 15 is 0 Å². The van der Waals surface area contributed by atoms with Crippen molar-refractivity contribution >= 4 is 40.9 Å². The number of amides is 3. The van der Waals surface area contributed by atoms with Gasteiger partial charge in [-0.3, -0.25) is 14.4 Å². The van der Waals surface area contributed by atoms with Crippen molar-refractivity contribution in [2.24, 2.45) is 5.73 Å². The van der Waals surface area contributed by atoms with Crippen molar-refractivity contribution in [3.63, 3.8) is 0 Å². The van der Waals surface area contributed by atoms with Gasteiger partial charge < -0.3 is 41.5 Å². The predicted octanol–water partition coefficient (Wildman–Crippen LogP) is -0.211. The second-order valence-electron chi connectivity index (χ2n) is 9.66. The van der Waals surface area contributed by atoms with E-state index in [0.717, 1.165) is 44.1 Å². The van der Waals surface area contributed by atoms with Crippen molar-refractivity contribution in [3.8, 4) is 0 Å². The van der Waals surface area contributed by atoms with Gasteiger partial charge in [-0.25, -0.2) is 0 Å². The van der Waals surface area contributed by atoms with E-state index in [0.29, 0.717) is 19.5 Å². The fraction of sp³-hybridized carbons (Fsp3) is 0.640. The summed E-state index contributed by atoms with van der Waals surface area (Å²) in [6.45, 7) is 9.19. The summed E-state index contributed by atoms with van der Waals surface area (Å²) in [5, 5.41) is 17.4. The lowest BCUT2D eigenvalue weighted by Gasteiger charge is -2.32. The Morgan fingerprint density at radius 2 is 1.81 bits per heavy atom. The van der Waals surface area contributed by atoms with Crippen molar-refractivity contribution in [1.29, 1.82) is 0 Å². The summed E-state index contributed by atoms with van der Waals surface area (Å²) in [5.41, 5.74) is 7.72. The number of likely N-dealkylation sites (N-methyl/N-ethyl adjacent to an activating group) is 2. The Kier molecular flexibility index (Phi) is 11.0. The first-order valence-electron chi connectivity index (χ1n) is 12.9. The maximum atomic E-state index is 12.9. The summed E-state index contributed by atoms with van der Waals surface area (Å²) in [6, 6.07) is 6.51. The summed E-state index contributed by atoms with van der Waals surface area (Å²) < 4.78 is 0. The predicted molar refractivity (Wildman–Crippen MR) is 147 cm³/mol. The largest absolute Gasteiger partial charge is 0.392 e. The minimum absolute atomic E-state index is 0.00731. The summed E-state index contributed by atoms with van der Waals surface area (Å²) >= 11 is 1.37. The third-order valence-corrected chi connectivity index (χ3v) is 8.13. The number of carbonyl (C=O) groups is 3. The van der Waals surface area contributed by atoms with Crippen molar-refractivity contribution < 1.29 is 19.5 Å². The van der Waals surface area contributed by atoms with Crippen LogP contribution in [-0.2, 0) is 14.4 Å². The molecule has 2 aliphatic heterocycles. The molecule has 2 unspecified atom stereocenters. The number of anilines is 2. The van der Waals surface area contributed by atoms with Crippen molar-refractivity contribution in [3.05, 3.63) is 24.3 Å². The number of carbonyl (C=O) groups excluding carboxylic acids is 3. The SMILES string of the molecule is CCN1C(=O)[C@@H](CNc2ccc(NC(=O)CCN3CCN(C)CC3)cc2)SC1[C@H](N)C(=O)NCC(C)O. The molecule has 0 aromatic heterocycles. The highest BCUT2D eigenvalue weighted by atomic mass is 32.2. The first-order valence-corrected chi connectivity index (χ1v) is 13.8. The molecule has 0 aliphatic carbocycles. The quantitative estimate of drug-likeness (QED) is 0.246. The molecule has 37 heavy (non-hydrogen) atoms.